The summed E-state index contributed by atoms with van der Waals surface area (Å²) in [5.41, 5.74) is 1.02. The minimum absolute atomic E-state index is 0.0258. The van der Waals surface area contributed by atoms with Gasteiger partial charge in [-0.05, 0) is 24.1 Å². The molecule has 0 bridgehead atoms. The van der Waals surface area contributed by atoms with Gasteiger partial charge in [0.25, 0.3) is 0 Å². The second-order valence-electron chi connectivity index (χ2n) is 4.51. The Morgan fingerprint density at radius 1 is 1.28 bits per heavy atom. The zero-order chi connectivity index (χ0) is 13.1. The van der Waals surface area contributed by atoms with Crippen LogP contribution in [0, 0.1) is 5.92 Å². The van der Waals surface area contributed by atoms with E-state index in [4.69, 9.17) is 4.74 Å². The second-order valence-corrected chi connectivity index (χ2v) is 4.51. The summed E-state index contributed by atoms with van der Waals surface area (Å²) in [6, 6.07) is 7.58. The molecule has 0 radical (unpaired) electrons. The molecular formula is C14H17NO3. The predicted octanol–water partition coefficient (Wildman–Crippen LogP) is 1.85. The minimum atomic E-state index is -0.189. The number of imide groups is 1. The molecule has 1 saturated heterocycles. The van der Waals surface area contributed by atoms with Crippen LogP contribution in [0.25, 0.3) is 0 Å². The summed E-state index contributed by atoms with van der Waals surface area (Å²) in [6.45, 7) is 1.97. The largest absolute Gasteiger partial charge is 0.497 e. The van der Waals surface area contributed by atoms with E-state index < -0.39 is 0 Å². The fourth-order valence-electron chi connectivity index (χ4n) is 2.48. The van der Waals surface area contributed by atoms with E-state index in [-0.39, 0.29) is 23.7 Å². The molecule has 0 aromatic heterocycles. The number of carbonyl (C=O) groups excluding carboxylic acids is 2. The van der Waals surface area contributed by atoms with Crippen LogP contribution in [0.15, 0.2) is 24.3 Å². The van der Waals surface area contributed by atoms with Gasteiger partial charge in [0.05, 0.1) is 7.11 Å². The standard InChI is InChI=1S/C14H17NO3/c1-3-11-12(8-13(16)15-14(11)17)9-4-6-10(18-2)7-5-9/h4-7,11-12H,3,8H2,1-2H3,(H,15,16,17). The van der Waals surface area contributed by atoms with Crippen molar-refractivity contribution in [2.75, 3.05) is 7.11 Å². The Bertz CT molecular complexity index is 453. The first-order valence-electron chi connectivity index (χ1n) is 6.13. The van der Waals surface area contributed by atoms with Crippen molar-refractivity contribution in [1.82, 2.24) is 5.32 Å². The van der Waals surface area contributed by atoms with Crippen molar-refractivity contribution in [2.45, 2.75) is 25.7 Å². The average molecular weight is 247 g/mol. The third kappa shape index (κ3) is 2.37. The molecule has 1 aliphatic rings. The van der Waals surface area contributed by atoms with Crippen molar-refractivity contribution in [3.63, 3.8) is 0 Å². The lowest BCUT2D eigenvalue weighted by molar-refractivity contribution is -0.137. The Morgan fingerprint density at radius 2 is 1.94 bits per heavy atom. The molecule has 1 aliphatic heterocycles. The van der Waals surface area contributed by atoms with Crippen molar-refractivity contribution in [3.05, 3.63) is 29.8 Å². The summed E-state index contributed by atoms with van der Waals surface area (Å²) < 4.78 is 5.11. The monoisotopic (exact) mass is 247 g/mol. The van der Waals surface area contributed by atoms with Gasteiger partial charge in [-0.15, -0.1) is 0 Å². The maximum atomic E-state index is 11.8. The van der Waals surface area contributed by atoms with Gasteiger partial charge >= 0.3 is 0 Å². The number of methoxy groups -OCH3 is 1. The van der Waals surface area contributed by atoms with Crippen molar-refractivity contribution in [1.29, 1.82) is 0 Å². The van der Waals surface area contributed by atoms with Crippen LogP contribution in [0.5, 0.6) is 5.75 Å². The zero-order valence-electron chi connectivity index (χ0n) is 10.6. The Hall–Kier alpha value is -1.84. The third-order valence-electron chi connectivity index (χ3n) is 3.47. The summed E-state index contributed by atoms with van der Waals surface area (Å²) in [5, 5.41) is 2.40. The molecule has 1 fully saturated rings. The maximum absolute atomic E-state index is 11.8. The van der Waals surface area contributed by atoms with E-state index in [0.29, 0.717) is 6.42 Å². The Kier molecular flexibility index (Phi) is 3.65. The Morgan fingerprint density at radius 3 is 2.50 bits per heavy atom. The molecule has 1 aromatic rings. The highest BCUT2D eigenvalue weighted by Crippen LogP contribution is 2.34. The number of hydrogen-bond donors (Lipinski definition) is 1. The van der Waals surface area contributed by atoms with E-state index in [1.54, 1.807) is 7.11 Å². The quantitative estimate of drug-likeness (QED) is 0.829. The topological polar surface area (TPSA) is 55.4 Å². The van der Waals surface area contributed by atoms with Gasteiger partial charge in [0.1, 0.15) is 5.75 Å². The van der Waals surface area contributed by atoms with Crippen LogP contribution >= 0.6 is 0 Å². The molecule has 0 spiro atoms. The van der Waals surface area contributed by atoms with Gasteiger partial charge in [-0.1, -0.05) is 19.1 Å². The lowest BCUT2D eigenvalue weighted by Gasteiger charge is -2.29. The van der Waals surface area contributed by atoms with Gasteiger partial charge in [-0.2, -0.15) is 0 Å². The van der Waals surface area contributed by atoms with Crippen LogP contribution in [-0.4, -0.2) is 18.9 Å². The third-order valence-corrected chi connectivity index (χ3v) is 3.47. The number of hydrogen-bond acceptors (Lipinski definition) is 3. The highest BCUT2D eigenvalue weighted by atomic mass is 16.5. The second kappa shape index (κ2) is 5.21. The number of carbonyl (C=O) groups is 2. The molecule has 1 aromatic carbocycles. The van der Waals surface area contributed by atoms with Crippen LogP contribution in [0.1, 0.15) is 31.2 Å². The van der Waals surface area contributed by atoms with Crippen LogP contribution < -0.4 is 10.1 Å². The highest BCUT2D eigenvalue weighted by Gasteiger charge is 2.35. The van der Waals surface area contributed by atoms with E-state index in [2.05, 4.69) is 5.32 Å². The molecule has 4 nitrogen and oxygen atoms in total. The molecule has 2 amide bonds. The molecule has 96 valence electrons. The predicted molar refractivity (Wildman–Crippen MR) is 67.3 cm³/mol. The smallest absolute Gasteiger partial charge is 0.230 e. The van der Waals surface area contributed by atoms with E-state index in [1.165, 1.54) is 0 Å². The zero-order valence-corrected chi connectivity index (χ0v) is 10.6. The van der Waals surface area contributed by atoms with Gasteiger partial charge in [-0.3, -0.25) is 14.9 Å². The number of rotatable bonds is 3. The van der Waals surface area contributed by atoms with E-state index in [9.17, 15) is 9.59 Å². The van der Waals surface area contributed by atoms with E-state index in [0.717, 1.165) is 17.7 Å². The SMILES string of the molecule is CCC1C(=O)NC(=O)CC1c1ccc(OC)cc1. The fraction of sp³-hybridized carbons (Fsp3) is 0.429. The van der Waals surface area contributed by atoms with Crippen LogP contribution in [-0.2, 0) is 9.59 Å². The van der Waals surface area contributed by atoms with E-state index >= 15 is 0 Å². The first-order chi connectivity index (χ1) is 8.65. The van der Waals surface area contributed by atoms with Gasteiger partial charge in [0.2, 0.25) is 11.8 Å². The molecule has 0 aliphatic carbocycles. The molecule has 1 heterocycles. The lowest BCUT2D eigenvalue weighted by Crippen LogP contribution is -2.44. The Balaban J connectivity index is 2.27. The normalized spacial score (nSPS) is 23.7. The molecule has 2 atom stereocenters. The van der Waals surface area contributed by atoms with Crippen LogP contribution in [0.3, 0.4) is 0 Å². The molecular weight excluding hydrogens is 230 g/mol. The van der Waals surface area contributed by atoms with Crippen molar-refractivity contribution < 1.29 is 14.3 Å². The maximum Gasteiger partial charge on any atom is 0.230 e. The van der Waals surface area contributed by atoms with Crippen LogP contribution in [0.4, 0.5) is 0 Å². The summed E-state index contributed by atoms with van der Waals surface area (Å²) in [5.74, 6) is 0.275. The highest BCUT2D eigenvalue weighted by molar-refractivity contribution is 5.99. The lowest BCUT2D eigenvalue weighted by atomic mass is 9.79. The molecule has 4 heteroatoms. The van der Waals surface area contributed by atoms with Gasteiger partial charge in [0.15, 0.2) is 0 Å². The number of piperidine rings is 1. The number of nitrogens with one attached hydrogen (secondary N) is 1. The number of ether oxygens (including phenoxy) is 1. The number of amides is 2. The molecule has 0 saturated carbocycles. The molecule has 18 heavy (non-hydrogen) atoms. The van der Waals surface area contributed by atoms with Gasteiger partial charge in [-0.25, -0.2) is 0 Å². The summed E-state index contributed by atoms with van der Waals surface area (Å²) in [6.07, 6.45) is 1.10. The minimum Gasteiger partial charge on any atom is -0.497 e. The van der Waals surface area contributed by atoms with Gasteiger partial charge < -0.3 is 4.74 Å². The molecule has 2 unspecified atom stereocenters. The van der Waals surface area contributed by atoms with Gasteiger partial charge in [0, 0.05) is 18.3 Å². The van der Waals surface area contributed by atoms with Crippen molar-refractivity contribution in [3.8, 4) is 5.75 Å². The van der Waals surface area contributed by atoms with Crippen molar-refractivity contribution >= 4 is 11.8 Å². The summed E-state index contributed by atoms with van der Waals surface area (Å²) in [7, 11) is 1.61. The fourth-order valence-corrected chi connectivity index (χ4v) is 2.48. The molecule has 1 N–H and O–H groups in total. The van der Waals surface area contributed by atoms with Crippen molar-refractivity contribution in [2.24, 2.45) is 5.92 Å². The Labute approximate surface area is 106 Å². The number of benzene rings is 1. The first kappa shape index (κ1) is 12.6. The summed E-state index contributed by atoms with van der Waals surface area (Å²) >= 11 is 0. The molecule has 2 rings (SSSR count). The van der Waals surface area contributed by atoms with E-state index in [1.807, 2.05) is 31.2 Å². The van der Waals surface area contributed by atoms with Crippen LogP contribution in [0.2, 0.25) is 0 Å². The average Bonchev–Trinajstić information content (AvgIpc) is 2.38. The first-order valence-corrected chi connectivity index (χ1v) is 6.13. The summed E-state index contributed by atoms with van der Waals surface area (Å²) in [4.78, 5) is 23.3.